The third-order valence-corrected chi connectivity index (χ3v) is 5.22. The first-order valence-electron chi connectivity index (χ1n) is 8.77. The second-order valence-corrected chi connectivity index (χ2v) is 7.57. The normalized spacial score (nSPS) is 12.3. The molecule has 7 heteroatoms. The smallest absolute Gasteiger partial charge is 0.311 e. The molecule has 0 fully saturated rings. The minimum absolute atomic E-state index is 0.184. The summed E-state index contributed by atoms with van der Waals surface area (Å²) < 4.78 is 31.4. The number of hydrogen-bond acceptors (Lipinski definition) is 4. The molecule has 2 aromatic carbocycles. The van der Waals surface area contributed by atoms with E-state index in [1.54, 1.807) is 14.0 Å². The van der Waals surface area contributed by atoms with Gasteiger partial charge in [-0.1, -0.05) is 13.0 Å². The van der Waals surface area contributed by atoms with Gasteiger partial charge in [-0.05, 0) is 58.8 Å². The summed E-state index contributed by atoms with van der Waals surface area (Å²) in [4.78, 5) is 11.5. The van der Waals surface area contributed by atoms with Crippen molar-refractivity contribution in [2.45, 2.75) is 32.5 Å². The lowest BCUT2D eigenvalue weighted by molar-refractivity contribution is -0.138. The molecular weight excluding hydrogens is 478 g/mol. The van der Waals surface area contributed by atoms with Gasteiger partial charge in [0.2, 0.25) is 0 Å². The largest absolute Gasteiger partial charge is 0.488 e. The van der Waals surface area contributed by atoms with Crippen molar-refractivity contribution in [3.8, 4) is 5.75 Å². The highest BCUT2D eigenvalue weighted by Gasteiger charge is 2.22. The van der Waals surface area contributed by atoms with Crippen LogP contribution in [0, 0.1) is 9.39 Å². The van der Waals surface area contributed by atoms with Crippen LogP contribution in [0.5, 0.6) is 5.75 Å². The number of fused-ring (bicyclic) bond motifs is 1. The molecular formula is C21H20FIO5. The second kappa shape index (κ2) is 8.91. The van der Waals surface area contributed by atoms with Crippen LogP contribution >= 0.6 is 22.6 Å². The minimum Gasteiger partial charge on any atom is -0.488 e. The van der Waals surface area contributed by atoms with Gasteiger partial charge < -0.3 is 19.0 Å². The monoisotopic (exact) mass is 498 g/mol. The summed E-state index contributed by atoms with van der Waals surface area (Å²) in [5.41, 5.74) is 2.12. The molecule has 0 bridgehead atoms. The van der Waals surface area contributed by atoms with Crippen LogP contribution in [0.15, 0.2) is 40.8 Å². The SMILES string of the molecule is CCC(C(=O)O)c1ccc(F)cc1OCc1cc(I)c2oc(COC)cc2c1. The van der Waals surface area contributed by atoms with Crippen LogP contribution in [-0.2, 0) is 22.7 Å². The Labute approximate surface area is 175 Å². The maximum atomic E-state index is 13.7. The number of benzene rings is 2. The number of ether oxygens (including phenoxy) is 2. The highest BCUT2D eigenvalue weighted by atomic mass is 127. The predicted molar refractivity (Wildman–Crippen MR) is 111 cm³/mol. The van der Waals surface area contributed by atoms with E-state index in [9.17, 15) is 14.3 Å². The molecule has 3 rings (SSSR count). The summed E-state index contributed by atoms with van der Waals surface area (Å²) in [6.07, 6.45) is 0.387. The van der Waals surface area contributed by atoms with E-state index in [-0.39, 0.29) is 12.4 Å². The van der Waals surface area contributed by atoms with Crippen molar-refractivity contribution in [2.75, 3.05) is 7.11 Å². The molecule has 0 amide bonds. The van der Waals surface area contributed by atoms with Gasteiger partial charge in [0.15, 0.2) is 0 Å². The molecule has 1 aromatic heterocycles. The van der Waals surface area contributed by atoms with Crippen molar-refractivity contribution in [3.05, 3.63) is 62.7 Å². The molecule has 5 nitrogen and oxygen atoms in total. The van der Waals surface area contributed by atoms with E-state index in [4.69, 9.17) is 13.9 Å². The Hall–Kier alpha value is -2.13. The van der Waals surface area contributed by atoms with Gasteiger partial charge in [-0.2, -0.15) is 0 Å². The molecule has 0 radical (unpaired) electrons. The Balaban J connectivity index is 1.87. The van der Waals surface area contributed by atoms with E-state index in [1.807, 2.05) is 18.2 Å². The number of methoxy groups -OCH3 is 1. The van der Waals surface area contributed by atoms with Crippen molar-refractivity contribution in [1.29, 1.82) is 0 Å². The van der Waals surface area contributed by atoms with Crippen molar-refractivity contribution >= 4 is 39.5 Å². The lowest BCUT2D eigenvalue weighted by Gasteiger charge is -2.16. The molecule has 0 saturated carbocycles. The number of aliphatic carboxylic acids is 1. The standard InChI is InChI=1S/C21H20FIO5/c1-3-16(21(24)25)17-5-4-14(22)9-19(17)27-10-12-6-13-8-15(11-26-2)28-20(13)18(23)7-12/h4-9,16H,3,10-11H2,1-2H3,(H,24,25). The van der Waals surface area contributed by atoms with Gasteiger partial charge in [0.1, 0.15) is 36.1 Å². The van der Waals surface area contributed by atoms with Crippen molar-refractivity contribution in [3.63, 3.8) is 0 Å². The molecule has 1 heterocycles. The van der Waals surface area contributed by atoms with Crippen LogP contribution in [0.25, 0.3) is 11.0 Å². The Morgan fingerprint density at radius 1 is 1.25 bits per heavy atom. The molecule has 148 valence electrons. The molecule has 1 unspecified atom stereocenters. The van der Waals surface area contributed by atoms with Crippen LogP contribution < -0.4 is 4.74 Å². The summed E-state index contributed by atoms with van der Waals surface area (Å²) in [5.74, 6) is -1.20. The molecule has 1 N–H and O–H groups in total. The highest BCUT2D eigenvalue weighted by Crippen LogP contribution is 2.32. The Bertz CT molecular complexity index is 998. The third kappa shape index (κ3) is 4.47. The summed E-state index contributed by atoms with van der Waals surface area (Å²) in [6.45, 7) is 2.35. The Morgan fingerprint density at radius 2 is 2.04 bits per heavy atom. The number of hydrogen-bond donors (Lipinski definition) is 1. The van der Waals surface area contributed by atoms with E-state index in [2.05, 4.69) is 22.6 Å². The molecule has 0 aliphatic rings. The quantitative estimate of drug-likeness (QED) is 0.417. The number of rotatable bonds is 8. The van der Waals surface area contributed by atoms with E-state index in [0.29, 0.717) is 18.6 Å². The number of carboxylic acid groups (broad SMARTS) is 1. The van der Waals surface area contributed by atoms with Crippen LogP contribution in [0.1, 0.15) is 36.1 Å². The van der Waals surface area contributed by atoms with E-state index in [1.165, 1.54) is 18.2 Å². The Kier molecular flexibility index (Phi) is 6.56. The molecule has 0 spiro atoms. The zero-order valence-electron chi connectivity index (χ0n) is 15.5. The average Bonchev–Trinajstić information content (AvgIpc) is 3.05. The number of carboxylic acids is 1. The maximum absolute atomic E-state index is 13.7. The number of furan rings is 1. The third-order valence-electron chi connectivity index (χ3n) is 4.42. The fourth-order valence-corrected chi connectivity index (χ4v) is 3.95. The first kappa shape index (κ1) is 20.6. The molecule has 0 saturated heterocycles. The summed E-state index contributed by atoms with van der Waals surface area (Å²) in [6, 6.07) is 9.75. The predicted octanol–water partition coefficient (Wildman–Crippen LogP) is 5.48. The van der Waals surface area contributed by atoms with Crippen molar-refractivity contribution in [1.82, 2.24) is 0 Å². The highest BCUT2D eigenvalue weighted by molar-refractivity contribution is 14.1. The maximum Gasteiger partial charge on any atom is 0.311 e. The molecule has 3 aromatic rings. The van der Waals surface area contributed by atoms with Gasteiger partial charge >= 0.3 is 5.97 Å². The van der Waals surface area contributed by atoms with E-state index in [0.717, 1.165) is 25.9 Å². The van der Waals surface area contributed by atoms with Crippen molar-refractivity contribution in [2.24, 2.45) is 0 Å². The number of halogens is 2. The first-order valence-corrected chi connectivity index (χ1v) is 9.85. The summed E-state index contributed by atoms with van der Waals surface area (Å²) in [5, 5.41) is 10.4. The van der Waals surface area contributed by atoms with Crippen LogP contribution in [-0.4, -0.2) is 18.2 Å². The van der Waals surface area contributed by atoms with Crippen LogP contribution in [0.3, 0.4) is 0 Å². The molecule has 0 aliphatic carbocycles. The first-order chi connectivity index (χ1) is 13.4. The topological polar surface area (TPSA) is 68.9 Å². The summed E-state index contributed by atoms with van der Waals surface area (Å²) in [7, 11) is 1.61. The zero-order valence-corrected chi connectivity index (χ0v) is 17.7. The Morgan fingerprint density at radius 3 is 2.71 bits per heavy atom. The lowest BCUT2D eigenvalue weighted by Crippen LogP contribution is -2.12. The fraction of sp³-hybridized carbons (Fsp3) is 0.286. The van der Waals surface area contributed by atoms with Gasteiger partial charge in [0.25, 0.3) is 0 Å². The fourth-order valence-electron chi connectivity index (χ4n) is 3.13. The van der Waals surface area contributed by atoms with E-state index >= 15 is 0 Å². The van der Waals surface area contributed by atoms with Crippen LogP contribution in [0.4, 0.5) is 4.39 Å². The van der Waals surface area contributed by atoms with Gasteiger partial charge in [-0.3, -0.25) is 4.79 Å². The van der Waals surface area contributed by atoms with E-state index < -0.39 is 17.7 Å². The zero-order chi connectivity index (χ0) is 20.3. The van der Waals surface area contributed by atoms with Gasteiger partial charge in [-0.25, -0.2) is 4.39 Å². The lowest BCUT2D eigenvalue weighted by atomic mass is 9.95. The van der Waals surface area contributed by atoms with Gasteiger partial charge in [-0.15, -0.1) is 0 Å². The molecule has 28 heavy (non-hydrogen) atoms. The van der Waals surface area contributed by atoms with Crippen LogP contribution in [0.2, 0.25) is 0 Å². The van der Waals surface area contributed by atoms with Gasteiger partial charge in [0.05, 0.1) is 9.49 Å². The average molecular weight is 498 g/mol. The number of carbonyl (C=O) groups is 1. The summed E-state index contributed by atoms with van der Waals surface area (Å²) >= 11 is 2.19. The molecule has 0 aliphatic heterocycles. The minimum atomic E-state index is -0.959. The van der Waals surface area contributed by atoms with Gasteiger partial charge in [0, 0.05) is 24.1 Å². The molecule has 1 atom stereocenters. The second-order valence-electron chi connectivity index (χ2n) is 6.41. The van der Waals surface area contributed by atoms with Crippen molar-refractivity contribution < 1.29 is 28.2 Å².